The predicted molar refractivity (Wildman–Crippen MR) is 123 cm³/mol. The number of benzene rings is 3. The minimum absolute atomic E-state index is 0.0116. The van der Waals surface area contributed by atoms with Gasteiger partial charge in [-0.2, -0.15) is 5.10 Å². The van der Waals surface area contributed by atoms with Gasteiger partial charge in [-0.1, -0.05) is 48.0 Å². The number of fused-ring (bicyclic) bond motifs is 1. The largest absolute Gasteiger partial charge is 0.489 e. The molecule has 1 aromatic heterocycles. The van der Waals surface area contributed by atoms with Gasteiger partial charge in [0, 0.05) is 23.4 Å². The third-order valence-corrected chi connectivity index (χ3v) is 5.35. The number of hydrogen-bond donors (Lipinski definition) is 0. The first-order chi connectivity index (χ1) is 15.7. The van der Waals surface area contributed by atoms with Crippen LogP contribution in [0.3, 0.4) is 0 Å². The molecule has 2 heterocycles. The Kier molecular flexibility index (Phi) is 5.30. The van der Waals surface area contributed by atoms with Crippen molar-refractivity contribution >= 4 is 11.9 Å². The topological polar surface area (TPSA) is 53.4 Å². The van der Waals surface area contributed by atoms with Crippen LogP contribution in [0.25, 0.3) is 11.8 Å². The van der Waals surface area contributed by atoms with Crippen molar-refractivity contribution in [3.8, 4) is 17.2 Å². The van der Waals surface area contributed by atoms with E-state index in [1.54, 1.807) is 24.4 Å². The second-order valence-corrected chi connectivity index (χ2v) is 7.77. The van der Waals surface area contributed by atoms with Crippen LogP contribution in [0.5, 0.6) is 11.5 Å². The second-order valence-electron chi connectivity index (χ2n) is 7.77. The summed E-state index contributed by atoms with van der Waals surface area (Å²) in [6, 6.07) is 23.3. The predicted octanol–water partition coefficient (Wildman–Crippen LogP) is 5.42. The van der Waals surface area contributed by atoms with Crippen LogP contribution in [0.15, 0.2) is 90.8 Å². The lowest BCUT2D eigenvalue weighted by Crippen LogP contribution is -2.19. The first-order valence-electron chi connectivity index (χ1n) is 10.5. The van der Waals surface area contributed by atoms with Gasteiger partial charge in [0.1, 0.15) is 24.7 Å². The zero-order chi connectivity index (χ0) is 21.9. The van der Waals surface area contributed by atoms with Gasteiger partial charge in [-0.25, -0.2) is 4.68 Å². The number of carbonyl (C=O) groups is 1. The molecule has 0 aliphatic carbocycles. The van der Waals surface area contributed by atoms with Gasteiger partial charge in [-0.05, 0) is 42.8 Å². The molecule has 0 unspecified atom stereocenters. The number of ether oxygens (including phenoxy) is 2. The van der Waals surface area contributed by atoms with Crippen LogP contribution in [0.4, 0.5) is 0 Å². The first-order valence-corrected chi connectivity index (χ1v) is 10.5. The molecule has 4 aromatic rings. The Labute approximate surface area is 186 Å². The number of aryl methyl sites for hydroxylation is 1. The van der Waals surface area contributed by atoms with E-state index in [-0.39, 0.29) is 12.4 Å². The highest BCUT2D eigenvalue weighted by atomic mass is 16.5. The molecule has 0 N–H and O–H groups in total. The molecule has 0 atom stereocenters. The van der Waals surface area contributed by atoms with E-state index in [4.69, 9.17) is 9.47 Å². The summed E-state index contributed by atoms with van der Waals surface area (Å²) >= 11 is 0. The molecular formula is C27H22N2O3. The second kappa shape index (κ2) is 8.55. The van der Waals surface area contributed by atoms with E-state index >= 15 is 0 Å². The zero-order valence-corrected chi connectivity index (χ0v) is 17.7. The van der Waals surface area contributed by atoms with E-state index in [0.29, 0.717) is 29.2 Å². The normalized spacial score (nSPS) is 14.2. The van der Waals surface area contributed by atoms with E-state index in [1.165, 1.54) is 5.56 Å². The summed E-state index contributed by atoms with van der Waals surface area (Å²) in [7, 11) is 0. The maximum Gasteiger partial charge on any atom is 0.196 e. The average Bonchev–Trinajstić information content (AvgIpc) is 3.31. The van der Waals surface area contributed by atoms with Crippen LogP contribution in [-0.4, -0.2) is 22.2 Å². The molecule has 1 aliphatic heterocycles. The van der Waals surface area contributed by atoms with Crippen molar-refractivity contribution in [2.75, 3.05) is 6.61 Å². The minimum Gasteiger partial charge on any atom is -0.489 e. The van der Waals surface area contributed by atoms with Crippen molar-refractivity contribution in [2.24, 2.45) is 0 Å². The summed E-state index contributed by atoms with van der Waals surface area (Å²) < 4.78 is 13.6. The van der Waals surface area contributed by atoms with Crippen LogP contribution in [0.2, 0.25) is 0 Å². The Morgan fingerprint density at radius 2 is 1.88 bits per heavy atom. The van der Waals surface area contributed by atoms with Gasteiger partial charge in [0.25, 0.3) is 0 Å². The molecular weight excluding hydrogens is 400 g/mol. The Morgan fingerprint density at radius 1 is 1.06 bits per heavy atom. The molecule has 32 heavy (non-hydrogen) atoms. The minimum atomic E-state index is -0.0116. The number of nitrogens with zero attached hydrogens (tertiary/aromatic N) is 2. The molecule has 3 aromatic carbocycles. The molecule has 5 rings (SSSR count). The lowest BCUT2D eigenvalue weighted by molar-refractivity contribution is 0.100. The summed E-state index contributed by atoms with van der Waals surface area (Å²) in [5.41, 5.74) is 5.31. The van der Waals surface area contributed by atoms with E-state index in [0.717, 1.165) is 16.8 Å². The van der Waals surface area contributed by atoms with Crippen molar-refractivity contribution in [3.63, 3.8) is 0 Å². The van der Waals surface area contributed by atoms with E-state index in [2.05, 4.69) is 5.10 Å². The Balaban J connectivity index is 1.27. The number of aromatic nitrogens is 2. The van der Waals surface area contributed by atoms with Crippen molar-refractivity contribution in [2.45, 2.75) is 13.5 Å². The fourth-order valence-corrected chi connectivity index (χ4v) is 3.59. The molecule has 0 radical (unpaired) electrons. The van der Waals surface area contributed by atoms with Crippen LogP contribution in [0, 0.1) is 6.92 Å². The van der Waals surface area contributed by atoms with Gasteiger partial charge >= 0.3 is 0 Å². The van der Waals surface area contributed by atoms with E-state index in [1.807, 2.05) is 78.5 Å². The SMILES string of the molecule is Cc1ccc(/C=C2\COc3cc(OCc4cnn(-c5ccccc5)c4)ccc3C2=O)cc1. The molecule has 0 amide bonds. The fraction of sp³-hybridized carbons (Fsp3) is 0.111. The molecule has 0 bridgehead atoms. The maximum absolute atomic E-state index is 12.9. The third-order valence-electron chi connectivity index (χ3n) is 5.35. The molecule has 5 heteroatoms. The fourth-order valence-electron chi connectivity index (χ4n) is 3.59. The Morgan fingerprint density at radius 3 is 2.69 bits per heavy atom. The van der Waals surface area contributed by atoms with Crippen LogP contribution < -0.4 is 9.47 Å². The van der Waals surface area contributed by atoms with Gasteiger partial charge < -0.3 is 9.47 Å². The van der Waals surface area contributed by atoms with Crippen LogP contribution >= 0.6 is 0 Å². The summed E-state index contributed by atoms with van der Waals surface area (Å²) in [5.74, 6) is 1.19. The Bertz CT molecular complexity index is 1290. The molecule has 0 spiro atoms. The van der Waals surface area contributed by atoms with Crippen molar-refractivity contribution in [1.82, 2.24) is 9.78 Å². The van der Waals surface area contributed by atoms with Crippen molar-refractivity contribution in [1.29, 1.82) is 0 Å². The summed E-state index contributed by atoms with van der Waals surface area (Å²) in [5, 5.41) is 4.39. The molecule has 0 saturated carbocycles. The smallest absolute Gasteiger partial charge is 0.196 e. The Hall–Kier alpha value is -4.12. The molecule has 0 fully saturated rings. The number of carbonyl (C=O) groups excluding carboxylic acids is 1. The lowest BCUT2D eigenvalue weighted by Gasteiger charge is -2.19. The van der Waals surface area contributed by atoms with Gasteiger partial charge in [-0.3, -0.25) is 4.79 Å². The lowest BCUT2D eigenvalue weighted by atomic mass is 9.98. The monoisotopic (exact) mass is 422 g/mol. The average molecular weight is 422 g/mol. The third kappa shape index (κ3) is 4.18. The highest BCUT2D eigenvalue weighted by Gasteiger charge is 2.23. The highest BCUT2D eigenvalue weighted by Crippen LogP contribution is 2.32. The van der Waals surface area contributed by atoms with Crippen LogP contribution in [-0.2, 0) is 6.61 Å². The van der Waals surface area contributed by atoms with E-state index in [9.17, 15) is 4.79 Å². The molecule has 158 valence electrons. The number of rotatable bonds is 5. The van der Waals surface area contributed by atoms with Crippen molar-refractivity contribution < 1.29 is 14.3 Å². The number of para-hydroxylation sites is 1. The highest BCUT2D eigenvalue weighted by molar-refractivity contribution is 6.14. The quantitative estimate of drug-likeness (QED) is 0.403. The maximum atomic E-state index is 12.9. The van der Waals surface area contributed by atoms with E-state index < -0.39 is 0 Å². The standard InChI is InChI=1S/C27H22N2O3/c1-19-7-9-20(10-8-19)13-22-18-32-26-14-24(11-12-25(26)27(22)30)31-17-21-15-28-29(16-21)23-5-3-2-4-6-23/h2-16H,17-18H2,1H3/b22-13+. The number of Topliss-reactive ketones (excluding diaryl/α,β-unsaturated/α-hetero) is 1. The first kappa shape index (κ1) is 19.8. The van der Waals surface area contributed by atoms with Crippen molar-refractivity contribution in [3.05, 3.63) is 113 Å². The van der Waals surface area contributed by atoms with Gasteiger partial charge in [0.2, 0.25) is 0 Å². The van der Waals surface area contributed by atoms with Gasteiger partial charge in [0.05, 0.1) is 17.4 Å². The number of hydrogen-bond acceptors (Lipinski definition) is 4. The zero-order valence-electron chi connectivity index (χ0n) is 17.7. The molecule has 5 nitrogen and oxygen atoms in total. The summed E-state index contributed by atoms with van der Waals surface area (Å²) in [6.07, 6.45) is 5.61. The molecule has 1 aliphatic rings. The summed E-state index contributed by atoms with van der Waals surface area (Å²) in [4.78, 5) is 12.9. The van der Waals surface area contributed by atoms with Crippen LogP contribution in [0.1, 0.15) is 27.0 Å². The number of ketones is 1. The summed E-state index contributed by atoms with van der Waals surface area (Å²) in [6.45, 7) is 2.65. The molecule has 0 saturated heterocycles. The van der Waals surface area contributed by atoms with Gasteiger partial charge in [0.15, 0.2) is 5.78 Å². The van der Waals surface area contributed by atoms with Gasteiger partial charge in [-0.15, -0.1) is 0 Å².